The fraction of sp³-hybridized carbons (Fsp3) is 0.632. The van der Waals surface area contributed by atoms with E-state index in [0.717, 1.165) is 35.6 Å². The van der Waals surface area contributed by atoms with Gasteiger partial charge in [-0.3, -0.25) is 9.59 Å². The molecule has 0 aliphatic heterocycles. The lowest BCUT2D eigenvalue weighted by Gasteiger charge is -2.33. The third kappa shape index (κ3) is 10.3. The fourth-order valence-corrected chi connectivity index (χ4v) is 6.24. The Morgan fingerprint density at radius 3 is 1.05 bits per heavy atom. The maximum atomic E-state index is 13.1. The van der Waals surface area contributed by atoms with Gasteiger partial charge in [0.05, 0.1) is 0 Å². The minimum absolute atomic E-state index is 0.0279. The van der Waals surface area contributed by atoms with E-state index in [1.54, 1.807) is 0 Å². The van der Waals surface area contributed by atoms with E-state index in [0.29, 0.717) is 0 Å². The summed E-state index contributed by atoms with van der Waals surface area (Å²) in [6.07, 6.45) is 21.1. The quantitative estimate of drug-likeness (QED) is 0.104. The first kappa shape index (κ1) is 33.9. The highest BCUT2D eigenvalue weighted by Crippen LogP contribution is 2.41. The summed E-state index contributed by atoms with van der Waals surface area (Å²) >= 11 is 0. The average molecular weight is 575 g/mol. The second kappa shape index (κ2) is 18.8. The summed E-state index contributed by atoms with van der Waals surface area (Å²) in [5.74, 6) is -1.18. The van der Waals surface area contributed by atoms with Gasteiger partial charge in [0.25, 0.3) is 0 Å². The van der Waals surface area contributed by atoms with Crippen molar-refractivity contribution < 1.29 is 9.59 Å². The van der Waals surface area contributed by atoms with Crippen molar-refractivity contribution >= 4 is 22.9 Å². The summed E-state index contributed by atoms with van der Waals surface area (Å²) in [7, 11) is 4.26. The van der Waals surface area contributed by atoms with Crippen molar-refractivity contribution in [2.24, 2.45) is 0 Å². The van der Waals surface area contributed by atoms with Gasteiger partial charge in [-0.2, -0.15) is 0 Å². The van der Waals surface area contributed by atoms with Crippen LogP contribution in [-0.4, -0.2) is 38.8 Å². The second-order valence-corrected chi connectivity index (χ2v) is 12.6. The lowest BCUT2D eigenvalue weighted by atomic mass is 9.66. The summed E-state index contributed by atoms with van der Waals surface area (Å²) in [6.45, 7) is 6.58. The van der Waals surface area contributed by atoms with Crippen LogP contribution in [0.5, 0.6) is 0 Å². The SMILES string of the molecule is CCCCCCCCCCN(C)c1ccc(C2C(=O)C(c3ccc(N(C)CCCCCCCCCC)cc3)C2=O)cc1. The molecule has 42 heavy (non-hydrogen) atoms. The number of nitrogens with zero attached hydrogens (tertiary/aromatic N) is 2. The number of carbonyl (C=O) groups excluding carboxylic acids is 2. The Morgan fingerprint density at radius 1 is 0.452 bits per heavy atom. The molecule has 0 spiro atoms. The molecule has 2 aromatic carbocycles. The van der Waals surface area contributed by atoms with Crippen molar-refractivity contribution in [3.8, 4) is 0 Å². The summed E-state index contributed by atoms with van der Waals surface area (Å²) in [4.78, 5) is 30.8. The van der Waals surface area contributed by atoms with Crippen molar-refractivity contribution in [3.05, 3.63) is 59.7 Å². The zero-order valence-electron chi connectivity index (χ0n) is 27.2. The highest BCUT2D eigenvalue weighted by atomic mass is 16.2. The van der Waals surface area contributed by atoms with Gasteiger partial charge in [0.15, 0.2) is 11.6 Å². The largest absolute Gasteiger partial charge is 0.375 e. The highest BCUT2D eigenvalue weighted by Gasteiger charge is 2.50. The summed E-state index contributed by atoms with van der Waals surface area (Å²) in [5, 5.41) is 0. The van der Waals surface area contributed by atoms with Gasteiger partial charge in [0.1, 0.15) is 11.8 Å². The molecule has 0 saturated heterocycles. The van der Waals surface area contributed by atoms with Gasteiger partial charge >= 0.3 is 0 Å². The minimum atomic E-state index is -0.619. The molecule has 1 aliphatic carbocycles. The van der Waals surface area contributed by atoms with Crippen LogP contribution in [0.25, 0.3) is 0 Å². The summed E-state index contributed by atoms with van der Waals surface area (Å²) in [5.41, 5.74) is 3.94. The van der Waals surface area contributed by atoms with E-state index in [1.165, 1.54) is 103 Å². The minimum Gasteiger partial charge on any atom is -0.375 e. The van der Waals surface area contributed by atoms with E-state index < -0.39 is 11.8 Å². The predicted molar refractivity (Wildman–Crippen MR) is 180 cm³/mol. The lowest BCUT2D eigenvalue weighted by Crippen LogP contribution is -2.44. The van der Waals surface area contributed by atoms with Crippen molar-refractivity contribution in [2.75, 3.05) is 37.0 Å². The number of Topliss-reactive ketones (excluding diaryl/α,β-unsaturated/α-hetero) is 2. The van der Waals surface area contributed by atoms with Crippen LogP contribution >= 0.6 is 0 Å². The van der Waals surface area contributed by atoms with Crippen molar-refractivity contribution in [2.45, 2.75) is 128 Å². The first-order valence-corrected chi connectivity index (χ1v) is 17.2. The van der Waals surface area contributed by atoms with E-state index in [2.05, 4.69) is 62.0 Å². The monoisotopic (exact) mass is 574 g/mol. The molecule has 4 nitrogen and oxygen atoms in total. The third-order valence-electron chi connectivity index (χ3n) is 9.17. The number of carbonyl (C=O) groups is 2. The van der Waals surface area contributed by atoms with Gasteiger partial charge in [-0.1, -0.05) is 128 Å². The van der Waals surface area contributed by atoms with Crippen LogP contribution in [-0.2, 0) is 9.59 Å². The average Bonchev–Trinajstić information content (AvgIpc) is 3.00. The van der Waals surface area contributed by atoms with Crippen LogP contribution in [0.2, 0.25) is 0 Å². The van der Waals surface area contributed by atoms with Crippen LogP contribution in [0.15, 0.2) is 48.5 Å². The van der Waals surface area contributed by atoms with E-state index in [9.17, 15) is 9.59 Å². The van der Waals surface area contributed by atoms with Crippen molar-refractivity contribution in [1.29, 1.82) is 0 Å². The molecular formula is C38H58N2O2. The van der Waals surface area contributed by atoms with Gasteiger partial charge in [-0.15, -0.1) is 0 Å². The Labute approximate surface area is 257 Å². The molecule has 0 N–H and O–H groups in total. The molecule has 232 valence electrons. The molecule has 3 rings (SSSR count). The normalized spacial score (nSPS) is 16.5. The van der Waals surface area contributed by atoms with Gasteiger partial charge in [0.2, 0.25) is 0 Å². The number of ketones is 2. The smallest absolute Gasteiger partial charge is 0.162 e. The zero-order valence-corrected chi connectivity index (χ0v) is 27.2. The van der Waals surface area contributed by atoms with Crippen LogP contribution in [0, 0.1) is 0 Å². The molecule has 4 heteroatoms. The number of hydrogen-bond acceptors (Lipinski definition) is 4. The predicted octanol–water partition coefficient (Wildman–Crippen LogP) is 9.86. The fourth-order valence-electron chi connectivity index (χ4n) is 6.24. The maximum Gasteiger partial charge on any atom is 0.162 e. The first-order chi connectivity index (χ1) is 20.5. The standard InChI is InChI=1S/C38H58N2O2/c1-5-7-9-11-13-15-17-19-29-39(3)33-25-21-31(22-26-33)35-37(41)36(38(35)42)32-23-27-34(28-24-32)40(4)30-20-18-16-14-12-10-8-6-2/h21-28,35-36H,5-20,29-30H2,1-4H3. The van der Waals surface area contributed by atoms with Crippen LogP contribution < -0.4 is 9.80 Å². The molecule has 0 heterocycles. The summed E-state index contributed by atoms with van der Waals surface area (Å²) < 4.78 is 0. The number of rotatable bonds is 22. The summed E-state index contributed by atoms with van der Waals surface area (Å²) in [6, 6.07) is 16.1. The Bertz CT molecular complexity index is 948. The number of hydrogen-bond donors (Lipinski definition) is 0. The molecule has 1 saturated carbocycles. The van der Waals surface area contributed by atoms with E-state index in [-0.39, 0.29) is 11.6 Å². The molecule has 0 bridgehead atoms. The molecule has 1 aliphatic rings. The number of benzene rings is 2. The van der Waals surface area contributed by atoms with Crippen LogP contribution in [0.1, 0.15) is 140 Å². The molecule has 0 atom stereocenters. The topological polar surface area (TPSA) is 40.6 Å². The van der Waals surface area contributed by atoms with Crippen LogP contribution in [0.3, 0.4) is 0 Å². The van der Waals surface area contributed by atoms with Crippen LogP contribution in [0.4, 0.5) is 11.4 Å². The Morgan fingerprint density at radius 2 is 0.738 bits per heavy atom. The van der Waals surface area contributed by atoms with Gasteiger partial charge in [-0.05, 0) is 48.2 Å². The Kier molecular flexibility index (Phi) is 15.2. The molecular weight excluding hydrogens is 516 g/mol. The van der Waals surface area contributed by atoms with E-state index in [4.69, 9.17) is 0 Å². The Hall–Kier alpha value is -2.62. The van der Waals surface area contributed by atoms with Crippen molar-refractivity contribution in [1.82, 2.24) is 0 Å². The lowest BCUT2D eigenvalue weighted by molar-refractivity contribution is -0.142. The molecule has 0 aromatic heterocycles. The molecule has 2 aromatic rings. The van der Waals surface area contributed by atoms with E-state index >= 15 is 0 Å². The Balaban J connectivity index is 1.40. The van der Waals surface area contributed by atoms with Crippen molar-refractivity contribution in [3.63, 3.8) is 0 Å². The molecule has 0 unspecified atom stereocenters. The molecule has 0 amide bonds. The second-order valence-electron chi connectivity index (χ2n) is 12.6. The highest BCUT2D eigenvalue weighted by molar-refractivity contribution is 6.31. The molecule has 0 radical (unpaired) electrons. The van der Waals surface area contributed by atoms with Gasteiger partial charge < -0.3 is 9.80 Å². The first-order valence-electron chi connectivity index (χ1n) is 17.2. The van der Waals surface area contributed by atoms with Gasteiger partial charge in [0, 0.05) is 38.6 Å². The zero-order chi connectivity index (χ0) is 30.2. The third-order valence-corrected chi connectivity index (χ3v) is 9.17. The van der Waals surface area contributed by atoms with E-state index in [1.807, 2.05) is 24.3 Å². The molecule has 1 fully saturated rings. The van der Waals surface area contributed by atoms with Gasteiger partial charge in [-0.25, -0.2) is 0 Å². The number of unbranched alkanes of at least 4 members (excludes halogenated alkanes) is 14. The maximum absolute atomic E-state index is 13.1. The number of anilines is 2.